The van der Waals surface area contributed by atoms with Gasteiger partial charge in [-0.25, -0.2) is 9.49 Å². The number of aryl methyl sites for hydroxylation is 1. The van der Waals surface area contributed by atoms with E-state index in [4.69, 9.17) is 5.11 Å². The topological polar surface area (TPSA) is 89.5 Å². The molecule has 1 aliphatic heterocycles. The smallest absolute Gasteiger partial charge is 0.272 e. The number of β-amino-alcohol motifs (C(OH)–C–C–N with tert-alkyl or cyclic N) is 1. The van der Waals surface area contributed by atoms with Gasteiger partial charge in [0.25, 0.3) is 11.5 Å². The maximum Gasteiger partial charge on any atom is 0.272 e. The number of nitrogens with zero attached hydrogens (tertiary/aromatic N) is 3. The van der Waals surface area contributed by atoms with Crippen LogP contribution in [0.3, 0.4) is 0 Å². The lowest BCUT2D eigenvalue weighted by atomic mass is 10.0. The molecule has 2 heterocycles. The highest BCUT2D eigenvalue weighted by atomic mass is 19.1. The van der Waals surface area contributed by atoms with Crippen LogP contribution in [0, 0.1) is 0 Å². The van der Waals surface area contributed by atoms with E-state index in [-0.39, 0.29) is 23.6 Å². The molecule has 1 saturated heterocycles. The second-order valence-electron chi connectivity index (χ2n) is 7.55. The number of allylic oxidation sites excluding steroid dienone is 2. The van der Waals surface area contributed by atoms with Gasteiger partial charge in [0.05, 0.1) is 23.3 Å². The number of aliphatic hydroxyl groups is 1. The lowest BCUT2D eigenvalue weighted by Gasteiger charge is -2.34. The number of carbonyl (C=O) groups is 1. The molecule has 1 amide bonds. The quantitative estimate of drug-likeness (QED) is 0.382. The van der Waals surface area contributed by atoms with Crippen molar-refractivity contribution in [2.75, 3.05) is 39.3 Å². The lowest BCUT2D eigenvalue weighted by molar-refractivity contribution is -0.128. The van der Waals surface area contributed by atoms with E-state index in [1.165, 1.54) is 6.08 Å². The summed E-state index contributed by atoms with van der Waals surface area (Å²) in [5, 5.41) is 17.1. The monoisotopic (exact) mass is 428 g/mol. The van der Waals surface area contributed by atoms with Crippen LogP contribution in [-0.4, -0.2) is 70.3 Å². The molecular weight excluding hydrogens is 399 g/mol. The molecule has 1 aromatic heterocycles. The average Bonchev–Trinajstić information content (AvgIpc) is 2.80. The van der Waals surface area contributed by atoms with E-state index >= 15 is 0 Å². The van der Waals surface area contributed by atoms with Crippen LogP contribution in [0.4, 0.5) is 4.39 Å². The molecule has 166 valence electrons. The molecule has 0 aliphatic carbocycles. The molecule has 2 aromatic rings. The van der Waals surface area contributed by atoms with Gasteiger partial charge < -0.3 is 10.0 Å². The zero-order chi connectivity index (χ0) is 22.2. The summed E-state index contributed by atoms with van der Waals surface area (Å²) in [6.45, 7) is 4.62. The Bertz CT molecular complexity index is 1020. The van der Waals surface area contributed by atoms with Crippen molar-refractivity contribution in [2.45, 2.75) is 26.2 Å². The van der Waals surface area contributed by atoms with Crippen molar-refractivity contribution in [1.82, 2.24) is 20.0 Å². The molecule has 1 aliphatic rings. The number of unbranched alkanes of at least 4 members (excludes halogenated alkanes) is 1. The van der Waals surface area contributed by atoms with Gasteiger partial charge in [-0.2, -0.15) is 5.10 Å². The number of piperazine rings is 1. The highest BCUT2D eigenvalue weighted by Crippen LogP contribution is 2.19. The van der Waals surface area contributed by atoms with E-state index in [1.807, 2.05) is 18.2 Å². The molecule has 7 nitrogen and oxygen atoms in total. The van der Waals surface area contributed by atoms with E-state index in [1.54, 1.807) is 24.0 Å². The van der Waals surface area contributed by atoms with Crippen molar-refractivity contribution in [3.05, 3.63) is 63.9 Å². The zero-order valence-corrected chi connectivity index (χ0v) is 17.8. The summed E-state index contributed by atoms with van der Waals surface area (Å²) in [5.41, 5.74) is 0.654. The summed E-state index contributed by atoms with van der Waals surface area (Å²) >= 11 is 0. The Morgan fingerprint density at radius 1 is 1.23 bits per heavy atom. The van der Waals surface area contributed by atoms with Crippen LogP contribution in [0.25, 0.3) is 10.8 Å². The van der Waals surface area contributed by atoms with Crippen molar-refractivity contribution in [2.24, 2.45) is 0 Å². The third-order valence-electron chi connectivity index (χ3n) is 5.56. The van der Waals surface area contributed by atoms with Crippen LogP contribution in [0.15, 0.2) is 52.6 Å². The molecule has 0 bridgehead atoms. The van der Waals surface area contributed by atoms with Gasteiger partial charge in [-0.05, 0) is 32.3 Å². The third kappa shape index (κ3) is 5.65. The summed E-state index contributed by atoms with van der Waals surface area (Å²) in [6, 6.07) is 7.31. The molecule has 31 heavy (non-hydrogen) atoms. The number of aromatic nitrogens is 2. The first-order chi connectivity index (χ1) is 15.0. The van der Waals surface area contributed by atoms with E-state index in [0.717, 1.165) is 11.1 Å². The fourth-order valence-corrected chi connectivity index (χ4v) is 3.81. The summed E-state index contributed by atoms with van der Waals surface area (Å²) < 4.78 is 14.5. The number of carbonyl (C=O) groups excluding carboxylic acids is 1. The van der Waals surface area contributed by atoms with Gasteiger partial charge in [0.15, 0.2) is 0 Å². The molecule has 0 atom stereocenters. The number of aliphatic hydroxyl groups excluding tert-OH is 1. The van der Waals surface area contributed by atoms with Crippen LogP contribution in [0.5, 0.6) is 0 Å². The Morgan fingerprint density at radius 2 is 1.94 bits per heavy atom. The van der Waals surface area contributed by atoms with Gasteiger partial charge >= 0.3 is 0 Å². The number of fused-ring (bicyclic) bond motifs is 1. The van der Waals surface area contributed by atoms with E-state index in [2.05, 4.69) is 15.1 Å². The van der Waals surface area contributed by atoms with Crippen LogP contribution < -0.4 is 5.56 Å². The molecular formula is C23H29FN4O3. The molecule has 1 aromatic carbocycles. The number of rotatable bonds is 8. The van der Waals surface area contributed by atoms with Crippen LogP contribution in [0.1, 0.15) is 25.5 Å². The minimum Gasteiger partial charge on any atom is -0.395 e. The minimum atomic E-state index is -0.518. The largest absolute Gasteiger partial charge is 0.395 e. The van der Waals surface area contributed by atoms with Crippen LogP contribution >= 0.6 is 0 Å². The van der Waals surface area contributed by atoms with Crippen molar-refractivity contribution >= 4 is 16.7 Å². The SMILES string of the molecule is C/C=C(F)\C(=C/CCCc1n[nH]c(=O)c2ccccc12)C(=O)N1CCN(CCO)CC1. The number of nitrogens with one attached hydrogen (secondary N) is 1. The van der Waals surface area contributed by atoms with E-state index < -0.39 is 5.83 Å². The Balaban J connectivity index is 1.65. The first-order valence-electron chi connectivity index (χ1n) is 10.7. The molecule has 1 fully saturated rings. The number of amides is 1. The first kappa shape index (κ1) is 22.8. The van der Waals surface area contributed by atoms with Crippen LogP contribution in [0.2, 0.25) is 0 Å². The Hall–Kier alpha value is -2.84. The predicted octanol–water partition coefficient (Wildman–Crippen LogP) is 2.18. The van der Waals surface area contributed by atoms with E-state index in [9.17, 15) is 14.0 Å². The molecule has 2 N–H and O–H groups in total. The first-order valence-corrected chi connectivity index (χ1v) is 10.7. The van der Waals surface area contributed by atoms with Gasteiger partial charge in [0.1, 0.15) is 5.83 Å². The number of aromatic amines is 1. The van der Waals surface area contributed by atoms with Gasteiger partial charge in [-0.15, -0.1) is 0 Å². The molecule has 3 rings (SSSR count). The molecule has 0 unspecified atom stereocenters. The molecule has 0 radical (unpaired) electrons. The molecule has 8 heteroatoms. The van der Waals surface area contributed by atoms with Gasteiger partial charge in [-0.1, -0.05) is 30.4 Å². The van der Waals surface area contributed by atoms with Crippen LogP contribution in [-0.2, 0) is 11.2 Å². The number of hydrogen-bond acceptors (Lipinski definition) is 5. The summed E-state index contributed by atoms with van der Waals surface area (Å²) in [4.78, 5) is 28.6. The Kier molecular flexibility index (Phi) is 8.08. The Morgan fingerprint density at radius 3 is 2.61 bits per heavy atom. The van der Waals surface area contributed by atoms with Crippen molar-refractivity contribution < 1.29 is 14.3 Å². The maximum absolute atomic E-state index is 14.5. The van der Waals surface area contributed by atoms with Gasteiger partial charge in [0.2, 0.25) is 0 Å². The van der Waals surface area contributed by atoms with Crippen molar-refractivity contribution in [3.8, 4) is 0 Å². The second kappa shape index (κ2) is 11.0. The Labute approximate surface area is 180 Å². The standard InChI is InChI=1S/C23H29FN4O3/c1-2-20(24)19(23(31)28-13-11-27(12-14-28)15-16-29)9-5-6-10-21-17-7-3-4-8-18(17)22(30)26-25-21/h2-4,7-9,29H,5-6,10-16H2,1H3,(H,26,30)/b19-9+,20-2+. The number of hydrogen-bond donors (Lipinski definition) is 2. The summed E-state index contributed by atoms with van der Waals surface area (Å²) in [5.74, 6) is -0.817. The second-order valence-corrected chi connectivity index (χ2v) is 7.55. The third-order valence-corrected chi connectivity index (χ3v) is 5.56. The number of H-pyrrole nitrogens is 1. The average molecular weight is 429 g/mol. The zero-order valence-electron chi connectivity index (χ0n) is 17.8. The van der Waals surface area contributed by atoms with E-state index in [0.29, 0.717) is 57.4 Å². The number of benzene rings is 1. The minimum absolute atomic E-state index is 0.0890. The summed E-state index contributed by atoms with van der Waals surface area (Å²) in [7, 11) is 0. The lowest BCUT2D eigenvalue weighted by Crippen LogP contribution is -2.49. The highest BCUT2D eigenvalue weighted by Gasteiger charge is 2.25. The maximum atomic E-state index is 14.5. The molecule has 0 spiro atoms. The number of halogens is 1. The molecule has 0 saturated carbocycles. The fraction of sp³-hybridized carbons (Fsp3) is 0.435. The summed E-state index contributed by atoms with van der Waals surface area (Å²) in [6.07, 6.45) is 4.75. The van der Waals surface area contributed by atoms with Crippen molar-refractivity contribution in [1.29, 1.82) is 0 Å². The predicted molar refractivity (Wildman–Crippen MR) is 118 cm³/mol. The fourth-order valence-electron chi connectivity index (χ4n) is 3.81. The normalized spacial score (nSPS) is 16.2. The van der Waals surface area contributed by atoms with Gasteiger partial charge in [0, 0.05) is 38.1 Å². The highest BCUT2D eigenvalue weighted by molar-refractivity contribution is 5.97. The van der Waals surface area contributed by atoms with Gasteiger partial charge in [-0.3, -0.25) is 14.5 Å². The van der Waals surface area contributed by atoms with Crippen molar-refractivity contribution in [3.63, 3.8) is 0 Å².